The predicted octanol–water partition coefficient (Wildman–Crippen LogP) is 3.89. The summed E-state index contributed by atoms with van der Waals surface area (Å²) in [5.41, 5.74) is 1.73. The average molecular weight is 368 g/mol. The second kappa shape index (κ2) is 6.53. The Morgan fingerprint density at radius 3 is 2.91 bits per heavy atom. The molecule has 0 saturated carbocycles. The number of nitrogens with zero attached hydrogens (tertiary/aromatic N) is 1. The monoisotopic (exact) mass is 367 g/mol. The summed E-state index contributed by atoms with van der Waals surface area (Å²) in [6.45, 7) is 0. The molecule has 0 aliphatic heterocycles. The van der Waals surface area contributed by atoms with Crippen LogP contribution in [0.4, 0.5) is 5.13 Å². The molecule has 0 fully saturated rings. The zero-order valence-electron chi connectivity index (χ0n) is 11.8. The van der Waals surface area contributed by atoms with Crippen LogP contribution in [0, 0.1) is 0 Å². The van der Waals surface area contributed by atoms with E-state index < -0.39 is 5.97 Å². The van der Waals surface area contributed by atoms with E-state index in [0.29, 0.717) is 25.7 Å². The molecule has 23 heavy (non-hydrogen) atoms. The van der Waals surface area contributed by atoms with Gasteiger partial charge in [-0.1, -0.05) is 11.6 Å². The number of carbonyl (C=O) groups is 2. The van der Waals surface area contributed by atoms with Gasteiger partial charge in [-0.3, -0.25) is 10.1 Å². The van der Waals surface area contributed by atoms with Crippen LogP contribution in [0.25, 0.3) is 11.3 Å². The normalized spacial score (nSPS) is 10.5. The molecular weight excluding hydrogens is 358 g/mol. The minimum absolute atomic E-state index is 0.257. The Balaban J connectivity index is 1.74. The first kappa shape index (κ1) is 15.7. The molecule has 0 atom stereocenters. The molecule has 0 bridgehead atoms. The second-order valence-electron chi connectivity index (χ2n) is 4.39. The minimum Gasteiger partial charge on any atom is -0.464 e. The van der Waals surface area contributed by atoms with E-state index in [1.165, 1.54) is 29.8 Å². The van der Waals surface area contributed by atoms with Gasteiger partial charge in [0.25, 0.3) is 5.91 Å². The molecule has 0 radical (unpaired) electrons. The highest BCUT2D eigenvalue weighted by Crippen LogP contribution is 2.27. The summed E-state index contributed by atoms with van der Waals surface area (Å²) in [6.07, 6.45) is 1.66. The number of esters is 1. The van der Waals surface area contributed by atoms with Crippen LogP contribution in [0.15, 0.2) is 29.8 Å². The molecule has 3 heterocycles. The number of thiophene rings is 1. The van der Waals surface area contributed by atoms with Gasteiger partial charge in [0, 0.05) is 17.1 Å². The highest BCUT2D eigenvalue weighted by atomic mass is 35.5. The van der Waals surface area contributed by atoms with Crippen LogP contribution in [-0.2, 0) is 4.74 Å². The molecule has 0 spiro atoms. The van der Waals surface area contributed by atoms with Gasteiger partial charge in [0.1, 0.15) is 5.69 Å². The third kappa shape index (κ3) is 3.44. The third-order valence-electron chi connectivity index (χ3n) is 2.91. The number of aromatic nitrogens is 2. The Hall–Kier alpha value is -2.16. The second-order valence-corrected chi connectivity index (χ2v) is 6.96. The van der Waals surface area contributed by atoms with E-state index in [2.05, 4.69) is 20.0 Å². The summed E-state index contributed by atoms with van der Waals surface area (Å²) in [5.74, 6) is -0.707. The molecule has 3 rings (SSSR count). The number of halogens is 1. The highest BCUT2D eigenvalue weighted by Gasteiger charge is 2.14. The lowest BCUT2D eigenvalue weighted by atomic mass is 10.2. The van der Waals surface area contributed by atoms with Crippen molar-refractivity contribution in [2.24, 2.45) is 0 Å². The number of nitrogens with one attached hydrogen (secondary N) is 2. The number of thiazole rings is 1. The third-order valence-corrected chi connectivity index (χ3v) is 4.89. The Morgan fingerprint density at radius 2 is 2.22 bits per heavy atom. The van der Waals surface area contributed by atoms with Gasteiger partial charge in [-0.25, -0.2) is 9.78 Å². The maximum atomic E-state index is 12.0. The Morgan fingerprint density at radius 1 is 1.39 bits per heavy atom. The molecule has 0 aliphatic carbocycles. The van der Waals surface area contributed by atoms with Crippen LogP contribution in [0.3, 0.4) is 0 Å². The van der Waals surface area contributed by atoms with Gasteiger partial charge in [0.2, 0.25) is 0 Å². The number of aromatic amines is 1. The number of hydrogen-bond donors (Lipinski definition) is 2. The lowest BCUT2D eigenvalue weighted by Gasteiger charge is -1.97. The lowest BCUT2D eigenvalue weighted by Crippen LogP contribution is -2.09. The first-order chi connectivity index (χ1) is 11.1. The van der Waals surface area contributed by atoms with E-state index in [9.17, 15) is 9.59 Å². The van der Waals surface area contributed by atoms with Crippen molar-refractivity contribution in [2.75, 3.05) is 12.4 Å². The van der Waals surface area contributed by atoms with E-state index in [1.54, 1.807) is 29.8 Å². The average Bonchev–Trinajstić information content (AvgIpc) is 3.25. The van der Waals surface area contributed by atoms with E-state index >= 15 is 0 Å². The van der Waals surface area contributed by atoms with Crippen molar-refractivity contribution in [3.63, 3.8) is 0 Å². The zero-order valence-corrected chi connectivity index (χ0v) is 14.1. The van der Waals surface area contributed by atoms with E-state index in [0.717, 1.165) is 5.56 Å². The quantitative estimate of drug-likeness (QED) is 0.685. The van der Waals surface area contributed by atoms with Crippen molar-refractivity contribution in [3.8, 4) is 11.3 Å². The summed E-state index contributed by atoms with van der Waals surface area (Å²) >= 11 is 8.31. The lowest BCUT2D eigenvalue weighted by molar-refractivity contribution is 0.0594. The van der Waals surface area contributed by atoms with Crippen LogP contribution < -0.4 is 5.32 Å². The first-order valence-corrected chi connectivity index (χ1v) is 8.43. The van der Waals surface area contributed by atoms with E-state index in [1.807, 2.05) is 0 Å². The molecule has 1 amide bonds. The van der Waals surface area contributed by atoms with Crippen LogP contribution in [0.2, 0.25) is 4.34 Å². The maximum Gasteiger partial charge on any atom is 0.354 e. The van der Waals surface area contributed by atoms with Gasteiger partial charge in [0.05, 0.1) is 22.0 Å². The van der Waals surface area contributed by atoms with Gasteiger partial charge in [-0.2, -0.15) is 0 Å². The van der Waals surface area contributed by atoms with Crippen molar-refractivity contribution in [2.45, 2.75) is 0 Å². The SMILES string of the molecule is COC(=O)c1cc(-c2csc(NC(=O)c3ccc(Cl)s3)n2)c[nH]1. The molecule has 0 aliphatic rings. The molecule has 118 valence electrons. The smallest absolute Gasteiger partial charge is 0.354 e. The fourth-order valence-corrected chi connectivity index (χ4v) is 3.48. The van der Waals surface area contributed by atoms with E-state index in [4.69, 9.17) is 11.6 Å². The molecule has 3 aromatic heterocycles. The summed E-state index contributed by atoms with van der Waals surface area (Å²) in [6, 6.07) is 4.97. The van der Waals surface area contributed by atoms with Crippen molar-refractivity contribution >= 4 is 51.3 Å². The Kier molecular flexibility index (Phi) is 4.46. The van der Waals surface area contributed by atoms with Gasteiger partial charge in [-0.05, 0) is 18.2 Å². The van der Waals surface area contributed by atoms with Crippen LogP contribution in [-0.4, -0.2) is 29.0 Å². The van der Waals surface area contributed by atoms with Crippen molar-refractivity contribution in [3.05, 3.63) is 44.7 Å². The number of hydrogen-bond acceptors (Lipinski definition) is 6. The summed E-state index contributed by atoms with van der Waals surface area (Å²) in [7, 11) is 1.32. The van der Waals surface area contributed by atoms with Gasteiger partial charge >= 0.3 is 5.97 Å². The first-order valence-electron chi connectivity index (χ1n) is 6.36. The molecular formula is C14H10ClN3O3S2. The molecule has 6 nitrogen and oxygen atoms in total. The topological polar surface area (TPSA) is 84.1 Å². The molecule has 9 heteroatoms. The van der Waals surface area contributed by atoms with Gasteiger partial charge < -0.3 is 9.72 Å². The van der Waals surface area contributed by atoms with Crippen molar-refractivity contribution in [1.29, 1.82) is 0 Å². The molecule has 3 aromatic rings. The summed E-state index contributed by atoms with van der Waals surface area (Å²) in [4.78, 5) is 31.2. The molecule has 0 unspecified atom stereocenters. The number of methoxy groups -OCH3 is 1. The van der Waals surface area contributed by atoms with E-state index in [-0.39, 0.29) is 5.91 Å². The summed E-state index contributed by atoms with van der Waals surface area (Å²) < 4.78 is 5.19. The van der Waals surface area contributed by atoms with Gasteiger partial charge in [-0.15, -0.1) is 22.7 Å². The number of rotatable bonds is 4. The molecule has 2 N–H and O–H groups in total. The predicted molar refractivity (Wildman–Crippen MR) is 90.5 cm³/mol. The van der Waals surface area contributed by atoms with Crippen molar-refractivity contribution in [1.82, 2.24) is 9.97 Å². The minimum atomic E-state index is -0.449. The standard InChI is InChI=1S/C14H10ClN3O3S2/c1-21-13(20)8-4-7(5-16-8)9-6-22-14(17-9)18-12(19)10-2-3-11(15)23-10/h2-6,16H,1H3,(H,17,18,19). The number of amides is 1. The summed E-state index contributed by atoms with van der Waals surface area (Å²) in [5, 5.41) is 4.98. The van der Waals surface area contributed by atoms with Crippen LogP contribution in [0.1, 0.15) is 20.2 Å². The fourth-order valence-electron chi connectivity index (χ4n) is 1.83. The maximum absolute atomic E-state index is 12.0. The largest absolute Gasteiger partial charge is 0.464 e. The number of anilines is 1. The highest BCUT2D eigenvalue weighted by molar-refractivity contribution is 7.18. The Bertz CT molecular complexity index is 868. The number of H-pyrrole nitrogens is 1. The Labute approximate surface area is 144 Å². The van der Waals surface area contributed by atoms with Crippen molar-refractivity contribution < 1.29 is 14.3 Å². The molecule has 0 saturated heterocycles. The number of carbonyl (C=O) groups excluding carboxylic acids is 2. The number of ether oxygens (including phenoxy) is 1. The van der Waals surface area contributed by atoms with Gasteiger partial charge in [0.15, 0.2) is 5.13 Å². The van der Waals surface area contributed by atoms with Crippen LogP contribution >= 0.6 is 34.3 Å². The zero-order chi connectivity index (χ0) is 16.4. The fraction of sp³-hybridized carbons (Fsp3) is 0.0714. The van der Waals surface area contributed by atoms with Crippen LogP contribution in [0.5, 0.6) is 0 Å². The molecule has 0 aromatic carbocycles.